The minimum absolute atomic E-state index is 0. The summed E-state index contributed by atoms with van der Waals surface area (Å²) in [5.74, 6) is 1.41. The van der Waals surface area contributed by atoms with E-state index in [0.29, 0.717) is 5.56 Å². The van der Waals surface area contributed by atoms with Crippen LogP contribution in [0.4, 0.5) is 13.2 Å². The van der Waals surface area contributed by atoms with Gasteiger partial charge < -0.3 is 8.98 Å². The van der Waals surface area contributed by atoms with Crippen molar-refractivity contribution in [3.05, 3.63) is 234 Å². The van der Waals surface area contributed by atoms with Crippen molar-refractivity contribution in [2.45, 2.75) is 99.1 Å². The maximum absolute atomic E-state index is 13.4. The number of imidazole rings is 1. The first-order valence-corrected chi connectivity index (χ1v) is 29.7. The average Bonchev–Trinajstić information content (AvgIpc) is 2.01. The van der Waals surface area contributed by atoms with E-state index < -0.39 is 11.6 Å². The fourth-order valence-electron chi connectivity index (χ4n) is 11.7. The summed E-state index contributed by atoms with van der Waals surface area (Å²) in [6.45, 7) is 20.4. The summed E-state index contributed by atoms with van der Waals surface area (Å²) in [6, 6.07) is 72.2. The number of aryl methyl sites for hydroxylation is 1. The normalized spacial score (nSPS) is 12.2. The van der Waals surface area contributed by atoms with Gasteiger partial charge >= 0.3 is 6.18 Å². The zero-order valence-electron chi connectivity index (χ0n) is 49.5. The summed E-state index contributed by atoms with van der Waals surface area (Å²) in [5, 5.41) is 5.56. The number of aromatic nitrogens is 3. The van der Waals surface area contributed by atoms with Gasteiger partial charge in [0.25, 0.3) is 0 Å². The maximum Gasteiger partial charge on any atom is 0.394 e. The molecule has 1 radical (unpaired) electrons. The molecule has 0 unspecified atom stereocenters. The van der Waals surface area contributed by atoms with Gasteiger partial charge in [-0.05, 0) is 122 Å². The predicted octanol–water partition coefficient (Wildman–Crippen LogP) is 22.3. The second kappa shape index (κ2) is 23.1. The van der Waals surface area contributed by atoms with Gasteiger partial charge in [0.15, 0.2) is 0 Å². The monoisotopic (exact) mass is 1320 g/mol. The fraction of sp³-hybridized carbons (Fsp3) is 0.211. The van der Waals surface area contributed by atoms with Crippen LogP contribution in [0, 0.1) is 24.5 Å². The molecule has 4 nitrogen and oxygen atoms in total. The molecule has 0 amide bonds. The first kappa shape index (κ1) is 58.8. The minimum Gasteiger partial charge on any atom is -0.501 e. The van der Waals surface area contributed by atoms with Gasteiger partial charge in [0.1, 0.15) is 5.58 Å². The summed E-state index contributed by atoms with van der Waals surface area (Å²) < 4.78 is 50.3. The third-order valence-corrected chi connectivity index (χ3v) is 17.8. The number of alkyl halides is 3. The summed E-state index contributed by atoms with van der Waals surface area (Å²) >= 11 is 1.68. The van der Waals surface area contributed by atoms with Crippen LogP contribution >= 0.6 is 11.3 Å². The van der Waals surface area contributed by atoms with Crippen LogP contribution in [0.15, 0.2) is 199 Å². The standard InChI is InChI=1S/C43H35N2O.C33H31F3NS.Ir/c1-27(2)36-24-32(30-16-9-6-10-17-30)25-37(28(3)4)41(36)45-39-21-12-11-20-38(39)44-43(45)35-19-13-18-34-33-23-22-31(26-40(33)46-42(34)35)29-14-7-5-8-15-29;1-20-25-15-16-37-28(24-17-23-9-7-8-10-26(23)27(18-24)31(2,3)4)30(25)38-29(20)22-13-11-21(12-14-22)19-32(5,6)33(34,35)36;/h5-18,20-28H,1-4H3;7-16,18H,19H2,1-6H3;/q2*-1;. The van der Waals surface area contributed by atoms with Crippen LogP contribution in [0.1, 0.15) is 102 Å². The average molecular weight is 1320 g/mol. The van der Waals surface area contributed by atoms with Gasteiger partial charge in [0, 0.05) is 52.6 Å². The van der Waals surface area contributed by atoms with Gasteiger partial charge in [-0.3, -0.25) is 9.97 Å². The van der Waals surface area contributed by atoms with E-state index in [4.69, 9.17) is 14.4 Å². The smallest absolute Gasteiger partial charge is 0.394 e. The van der Waals surface area contributed by atoms with Crippen LogP contribution in [0.25, 0.3) is 115 Å². The molecule has 4 aromatic heterocycles. The Morgan fingerprint density at radius 1 is 0.612 bits per heavy atom. The number of furan rings is 1. The molecule has 9 aromatic carbocycles. The first-order chi connectivity index (χ1) is 40.2. The van der Waals surface area contributed by atoms with E-state index in [9.17, 15) is 13.2 Å². The van der Waals surface area contributed by atoms with E-state index in [1.807, 2.05) is 54.7 Å². The first-order valence-electron chi connectivity index (χ1n) is 28.9. The molecule has 13 rings (SSSR count). The largest absolute Gasteiger partial charge is 0.501 e. The molecule has 13 aromatic rings. The van der Waals surface area contributed by atoms with Gasteiger partial charge in [-0.25, -0.2) is 0 Å². The van der Waals surface area contributed by atoms with Gasteiger partial charge in [0.05, 0.1) is 27.9 Å². The van der Waals surface area contributed by atoms with Crippen molar-refractivity contribution in [2.75, 3.05) is 0 Å². The van der Waals surface area contributed by atoms with E-state index in [0.717, 1.165) is 92.7 Å². The molecule has 4 heterocycles. The quantitative estimate of drug-likeness (QED) is 0.128. The Morgan fingerprint density at radius 3 is 1.89 bits per heavy atom. The van der Waals surface area contributed by atoms with Gasteiger partial charge in [-0.2, -0.15) is 13.2 Å². The Morgan fingerprint density at radius 2 is 1.24 bits per heavy atom. The Hall–Kier alpha value is -7.94. The minimum atomic E-state index is -4.25. The van der Waals surface area contributed by atoms with Gasteiger partial charge in [-0.1, -0.05) is 212 Å². The molecule has 0 N–H and O–H groups in total. The molecule has 0 saturated carbocycles. The molecule has 0 saturated heterocycles. The van der Waals surface area contributed by atoms with Crippen molar-refractivity contribution in [1.29, 1.82) is 0 Å². The number of hydrogen-bond acceptors (Lipinski definition) is 4. The Bertz CT molecular complexity index is 4550. The Balaban J connectivity index is 0.000000178. The van der Waals surface area contributed by atoms with Crippen molar-refractivity contribution in [2.24, 2.45) is 5.41 Å². The van der Waals surface area contributed by atoms with Crippen molar-refractivity contribution in [3.8, 4) is 61.0 Å². The number of para-hydroxylation sites is 2. The van der Waals surface area contributed by atoms with Crippen molar-refractivity contribution >= 4 is 65.2 Å². The summed E-state index contributed by atoms with van der Waals surface area (Å²) in [4.78, 5) is 11.2. The van der Waals surface area contributed by atoms with E-state index in [2.05, 4.69) is 212 Å². The molecule has 0 aliphatic carbocycles. The van der Waals surface area contributed by atoms with Crippen LogP contribution in [0.5, 0.6) is 0 Å². The topological polar surface area (TPSA) is 43.9 Å². The molecule has 0 aliphatic rings. The molecule has 9 heteroatoms. The Labute approximate surface area is 513 Å². The number of fused-ring (bicyclic) bond motifs is 6. The van der Waals surface area contributed by atoms with Crippen LogP contribution < -0.4 is 0 Å². The molecular weight excluding hydrogens is 1250 g/mol. The Kier molecular flexibility index (Phi) is 16.0. The fourth-order valence-corrected chi connectivity index (χ4v) is 13.0. The summed E-state index contributed by atoms with van der Waals surface area (Å²) in [6.07, 6.45) is -2.45. The van der Waals surface area contributed by atoms with Crippen molar-refractivity contribution < 1.29 is 37.7 Å². The number of rotatable bonds is 10. The number of pyridine rings is 1. The second-order valence-electron chi connectivity index (χ2n) is 24.5. The third-order valence-electron chi connectivity index (χ3n) is 16.4. The molecule has 0 bridgehead atoms. The molecule has 0 aliphatic heterocycles. The van der Waals surface area contributed by atoms with Crippen LogP contribution in [0.3, 0.4) is 0 Å². The number of halogens is 3. The molecular formula is C76H66F3IrN3OS-2. The second-order valence-corrected chi connectivity index (χ2v) is 25.5. The number of benzene rings is 9. The van der Waals surface area contributed by atoms with E-state index in [1.54, 1.807) is 11.3 Å². The number of hydrogen-bond donors (Lipinski definition) is 0. The van der Waals surface area contributed by atoms with E-state index in [1.165, 1.54) is 58.3 Å². The SMILES string of the molecule is CC(C)c1cc(-c2ccccc2)cc(C(C)C)c1-n1c(-c2[c-]ccc3c2oc2cc(-c4ccccc4)ccc23)nc2ccccc21.Cc1c(-c2ccc(CC(C)(C)C(F)(F)F)cc2)sc2c(-c3[c-]c4ccccc4c(C(C)(C)C)c3)nccc12.[Ir]. The zero-order chi connectivity index (χ0) is 58.8. The summed E-state index contributed by atoms with van der Waals surface area (Å²) in [5.41, 5.74) is 17.2. The molecule has 85 heavy (non-hydrogen) atoms. The van der Waals surface area contributed by atoms with E-state index >= 15 is 0 Å². The summed E-state index contributed by atoms with van der Waals surface area (Å²) in [7, 11) is 0. The van der Waals surface area contributed by atoms with Crippen molar-refractivity contribution in [1.82, 2.24) is 14.5 Å². The predicted molar refractivity (Wildman–Crippen MR) is 345 cm³/mol. The van der Waals surface area contributed by atoms with Crippen molar-refractivity contribution in [3.63, 3.8) is 0 Å². The number of thiophene rings is 1. The molecule has 429 valence electrons. The zero-order valence-corrected chi connectivity index (χ0v) is 52.7. The molecule has 0 fully saturated rings. The van der Waals surface area contributed by atoms with Gasteiger partial charge in [0.2, 0.25) is 0 Å². The third kappa shape index (κ3) is 11.2. The number of nitrogens with zero attached hydrogens (tertiary/aromatic N) is 3. The van der Waals surface area contributed by atoms with E-state index in [-0.39, 0.29) is 43.8 Å². The van der Waals surface area contributed by atoms with Crippen LogP contribution in [-0.4, -0.2) is 20.7 Å². The molecule has 0 spiro atoms. The maximum atomic E-state index is 13.4. The molecule has 0 atom stereocenters. The van der Waals surface area contributed by atoms with Gasteiger partial charge in [-0.15, -0.1) is 58.7 Å². The van der Waals surface area contributed by atoms with Crippen LogP contribution in [0.2, 0.25) is 0 Å². The van der Waals surface area contributed by atoms with Crippen LogP contribution in [-0.2, 0) is 31.9 Å².